The normalized spacial score (nSPS) is 9.08. The maximum Gasteiger partial charge on any atom is 0.218 e. The highest BCUT2D eigenvalue weighted by Crippen LogP contribution is 1.99. The molecule has 0 aromatic carbocycles. The summed E-state index contributed by atoms with van der Waals surface area (Å²) in [6.45, 7) is 1.29. The van der Waals surface area contributed by atoms with Gasteiger partial charge in [-0.1, -0.05) is 0 Å². The predicted octanol–water partition coefficient (Wildman–Crippen LogP) is 1.12. The molecule has 5 nitrogen and oxygen atoms in total. The Labute approximate surface area is 79.2 Å². The molecule has 1 N–H and O–H groups in total. The summed E-state index contributed by atoms with van der Waals surface area (Å²) < 4.78 is 0. The molecule has 0 atom stereocenters. The van der Waals surface area contributed by atoms with Gasteiger partial charge in [0.25, 0.3) is 0 Å². The van der Waals surface area contributed by atoms with Crippen LogP contribution >= 0.6 is 11.6 Å². The van der Waals surface area contributed by atoms with E-state index in [0.717, 1.165) is 11.2 Å². The Bertz CT molecular complexity index is 366. The van der Waals surface area contributed by atoms with Crippen LogP contribution in [0.25, 0.3) is 11.2 Å². The molecule has 68 valence electrons. The van der Waals surface area contributed by atoms with Crippen LogP contribution in [0.4, 0.5) is 0 Å². The Kier molecular flexibility index (Phi) is 3.33. The van der Waals surface area contributed by atoms with E-state index in [1.54, 1.807) is 12.5 Å². The first-order valence-corrected chi connectivity index (χ1v) is 3.83. The van der Waals surface area contributed by atoms with Gasteiger partial charge in [0.2, 0.25) is 5.24 Å². The number of imidazole rings is 1. The van der Waals surface area contributed by atoms with E-state index in [2.05, 4.69) is 31.5 Å². The fourth-order valence-corrected chi connectivity index (χ4v) is 0.691. The van der Waals surface area contributed by atoms with E-state index in [9.17, 15) is 4.79 Å². The van der Waals surface area contributed by atoms with Crippen LogP contribution < -0.4 is 0 Å². The molecular weight excluding hydrogens is 192 g/mol. The highest BCUT2D eigenvalue weighted by molar-refractivity contribution is 6.62. The molecule has 0 saturated carbocycles. The molecule has 0 spiro atoms. The number of hydrogen-bond acceptors (Lipinski definition) is 4. The largest absolute Gasteiger partial charge is 0.329 e. The molecule has 0 fully saturated rings. The fourth-order valence-electron chi connectivity index (χ4n) is 0.691. The van der Waals surface area contributed by atoms with E-state index >= 15 is 0 Å². The number of nitrogens with one attached hydrogen (secondary N) is 1. The zero-order chi connectivity index (χ0) is 9.68. The Morgan fingerprint density at radius 1 is 1.54 bits per heavy atom. The summed E-state index contributed by atoms with van der Waals surface area (Å²) >= 11 is 4.64. The third-order valence-corrected chi connectivity index (χ3v) is 1.10. The van der Waals surface area contributed by atoms with Gasteiger partial charge in [0.15, 0.2) is 5.65 Å². The van der Waals surface area contributed by atoms with E-state index in [0.29, 0.717) is 0 Å². The van der Waals surface area contributed by atoms with Crippen LogP contribution in [0.3, 0.4) is 0 Å². The lowest BCUT2D eigenvalue weighted by Gasteiger charge is -1.80. The van der Waals surface area contributed by atoms with Crippen LogP contribution in [0.1, 0.15) is 6.92 Å². The molecule has 0 saturated heterocycles. The number of H-pyrrole nitrogens is 1. The highest BCUT2D eigenvalue weighted by atomic mass is 35.5. The lowest BCUT2D eigenvalue weighted by atomic mass is 10.6. The lowest BCUT2D eigenvalue weighted by Crippen LogP contribution is -1.76. The minimum absolute atomic E-state index is 0.361. The van der Waals surface area contributed by atoms with Crippen LogP contribution in [-0.4, -0.2) is 25.2 Å². The first-order valence-electron chi connectivity index (χ1n) is 3.45. The number of aromatic nitrogens is 4. The van der Waals surface area contributed by atoms with Gasteiger partial charge in [0.1, 0.15) is 11.8 Å². The van der Waals surface area contributed by atoms with Gasteiger partial charge in [-0.2, -0.15) is 0 Å². The van der Waals surface area contributed by atoms with Gasteiger partial charge in [0, 0.05) is 6.92 Å². The summed E-state index contributed by atoms with van der Waals surface area (Å²) in [6.07, 6.45) is 4.75. The maximum absolute atomic E-state index is 9.21. The van der Waals surface area contributed by atoms with E-state index < -0.39 is 0 Å². The Balaban J connectivity index is 0.000000184. The van der Waals surface area contributed by atoms with Gasteiger partial charge in [-0.15, -0.1) is 0 Å². The van der Waals surface area contributed by atoms with Gasteiger partial charge in [-0.05, 0) is 11.6 Å². The van der Waals surface area contributed by atoms with Crippen LogP contribution in [0.2, 0.25) is 0 Å². The van der Waals surface area contributed by atoms with Gasteiger partial charge >= 0.3 is 0 Å². The molecule has 2 rings (SSSR count). The van der Waals surface area contributed by atoms with Crippen molar-refractivity contribution < 1.29 is 4.79 Å². The molecule has 2 aromatic heterocycles. The summed E-state index contributed by atoms with van der Waals surface area (Å²) in [4.78, 5) is 23.7. The standard InChI is InChI=1S/C5H4N4.C2H3ClO/c1-4-5(8-2-6-1)9-3-7-4;1-2(3)4/h1-3H,(H,6,7,8,9);1H3. The van der Waals surface area contributed by atoms with Crippen molar-refractivity contribution in [1.82, 2.24) is 19.9 Å². The quantitative estimate of drug-likeness (QED) is 0.644. The van der Waals surface area contributed by atoms with Crippen molar-refractivity contribution >= 4 is 28.0 Å². The number of carbonyl (C=O) groups excluding carboxylic acids is 1. The van der Waals surface area contributed by atoms with E-state index in [1.165, 1.54) is 13.3 Å². The Morgan fingerprint density at radius 3 is 2.85 bits per heavy atom. The number of hydrogen-bond donors (Lipinski definition) is 1. The Hall–Kier alpha value is -1.49. The van der Waals surface area contributed by atoms with Gasteiger partial charge in [-0.3, -0.25) is 4.79 Å². The molecular formula is C7H7ClN4O. The van der Waals surface area contributed by atoms with Crippen molar-refractivity contribution in [1.29, 1.82) is 0 Å². The average molecular weight is 199 g/mol. The van der Waals surface area contributed by atoms with Crippen LogP contribution in [0, 0.1) is 0 Å². The van der Waals surface area contributed by atoms with Crippen molar-refractivity contribution in [2.75, 3.05) is 0 Å². The number of nitrogens with zero attached hydrogens (tertiary/aromatic N) is 3. The second-order valence-electron chi connectivity index (χ2n) is 2.13. The number of fused-ring (bicyclic) bond motifs is 1. The van der Waals surface area contributed by atoms with Gasteiger partial charge in [0.05, 0.1) is 12.5 Å². The van der Waals surface area contributed by atoms with E-state index in [1.807, 2.05) is 0 Å². The number of halogens is 1. The highest BCUT2D eigenvalue weighted by Gasteiger charge is 1.91. The Morgan fingerprint density at radius 2 is 2.23 bits per heavy atom. The van der Waals surface area contributed by atoms with Crippen LogP contribution in [0.15, 0.2) is 18.9 Å². The van der Waals surface area contributed by atoms with Crippen LogP contribution in [-0.2, 0) is 4.79 Å². The summed E-state index contributed by atoms with van der Waals surface area (Å²) in [5.74, 6) is 0. The minimum Gasteiger partial charge on any atom is -0.329 e. The average Bonchev–Trinajstić information content (AvgIpc) is 2.49. The molecule has 0 unspecified atom stereocenters. The molecule has 0 amide bonds. The SMILES string of the molecule is CC(=O)Cl.c1ncc2nc[nH]c2n1. The summed E-state index contributed by atoms with van der Waals surface area (Å²) in [5, 5.41) is -0.361. The molecule has 6 heteroatoms. The van der Waals surface area contributed by atoms with E-state index in [-0.39, 0.29) is 5.24 Å². The lowest BCUT2D eigenvalue weighted by molar-refractivity contribution is -0.109. The molecule has 0 aliphatic heterocycles. The predicted molar refractivity (Wildman–Crippen MR) is 48.2 cm³/mol. The minimum atomic E-state index is -0.361. The first-order chi connectivity index (χ1) is 6.20. The molecule has 0 aliphatic rings. The zero-order valence-corrected chi connectivity index (χ0v) is 7.62. The van der Waals surface area contributed by atoms with Crippen molar-refractivity contribution in [2.24, 2.45) is 0 Å². The second-order valence-corrected chi connectivity index (χ2v) is 2.66. The van der Waals surface area contributed by atoms with Crippen molar-refractivity contribution in [3.63, 3.8) is 0 Å². The zero-order valence-electron chi connectivity index (χ0n) is 6.86. The molecule has 13 heavy (non-hydrogen) atoms. The molecule has 2 heterocycles. The van der Waals surface area contributed by atoms with Gasteiger partial charge in [-0.25, -0.2) is 15.0 Å². The maximum atomic E-state index is 9.21. The molecule has 2 aromatic rings. The van der Waals surface area contributed by atoms with Crippen molar-refractivity contribution in [3.8, 4) is 0 Å². The summed E-state index contributed by atoms with van der Waals surface area (Å²) in [6, 6.07) is 0. The molecule has 0 radical (unpaired) electrons. The third-order valence-electron chi connectivity index (χ3n) is 1.10. The number of rotatable bonds is 0. The summed E-state index contributed by atoms with van der Waals surface area (Å²) in [5.41, 5.74) is 1.59. The fraction of sp³-hybridized carbons (Fsp3) is 0.143. The van der Waals surface area contributed by atoms with Crippen molar-refractivity contribution in [3.05, 3.63) is 18.9 Å². The van der Waals surface area contributed by atoms with E-state index in [4.69, 9.17) is 0 Å². The van der Waals surface area contributed by atoms with Gasteiger partial charge < -0.3 is 4.98 Å². The summed E-state index contributed by atoms with van der Waals surface area (Å²) in [7, 11) is 0. The number of carbonyl (C=O) groups is 1. The first kappa shape index (κ1) is 9.60. The molecule has 0 aliphatic carbocycles. The number of aromatic amines is 1. The second kappa shape index (κ2) is 4.51. The smallest absolute Gasteiger partial charge is 0.218 e. The van der Waals surface area contributed by atoms with Crippen molar-refractivity contribution in [2.45, 2.75) is 6.92 Å². The van der Waals surface area contributed by atoms with Crippen LogP contribution in [0.5, 0.6) is 0 Å². The third kappa shape index (κ3) is 3.16. The topological polar surface area (TPSA) is 71.5 Å². The molecule has 0 bridgehead atoms. The monoisotopic (exact) mass is 198 g/mol.